The molecular weight excluding hydrogens is 1090 g/mol. The molecule has 2 aromatic rings. The molecule has 0 atom stereocenters. The van der Waals surface area contributed by atoms with E-state index in [1.54, 1.807) is 0 Å². The molecule has 0 aliphatic carbocycles. The summed E-state index contributed by atoms with van der Waals surface area (Å²) in [5.74, 6) is 0. The van der Waals surface area contributed by atoms with E-state index in [1.807, 2.05) is 60.7 Å². The Hall–Kier alpha value is 1.12. The van der Waals surface area contributed by atoms with Gasteiger partial charge in [0.25, 0.3) is 0 Å². The van der Waals surface area contributed by atoms with E-state index in [0.717, 1.165) is 101 Å². The van der Waals surface area contributed by atoms with Gasteiger partial charge in [0.1, 0.15) is 0 Å². The van der Waals surface area contributed by atoms with Gasteiger partial charge in [-0.15, -0.1) is 29.9 Å². The second-order valence-corrected chi connectivity index (χ2v) is 16.2. The van der Waals surface area contributed by atoms with Gasteiger partial charge in [0, 0.05) is 103 Å². The van der Waals surface area contributed by atoms with Crippen LogP contribution in [0.15, 0.2) is 75.6 Å². The van der Waals surface area contributed by atoms with Gasteiger partial charge in [0.05, 0.1) is 0 Å². The zero-order valence-corrected chi connectivity index (χ0v) is 50.2. The average Bonchev–Trinajstić information content (AvgIpc) is 4.10. The first-order chi connectivity index (χ1) is 29.2. The van der Waals surface area contributed by atoms with Gasteiger partial charge in [-0.1, -0.05) is 38.1 Å². The van der Waals surface area contributed by atoms with Crippen molar-refractivity contribution in [3.05, 3.63) is 82.1 Å². The maximum atomic E-state index is 4.94. The van der Waals surface area contributed by atoms with Gasteiger partial charge in [0.15, 0.2) is 0 Å². The minimum atomic E-state index is 0. The summed E-state index contributed by atoms with van der Waals surface area (Å²) in [6, 6.07) is 21.3. The molecule has 0 aromatic heterocycles. The Kier molecular flexibility index (Phi) is 59.9. The average molecular weight is 1170 g/mol. The molecule has 0 spiro atoms. The predicted octanol–water partition coefficient (Wildman–Crippen LogP) is 3.46. The third-order valence-electron chi connectivity index (χ3n) is 8.54. The van der Waals surface area contributed by atoms with Crippen molar-refractivity contribution in [2.45, 2.75) is 157 Å². The zero-order valence-electron chi connectivity index (χ0n) is 41.5. The monoisotopic (exact) mass is 1170 g/mol. The summed E-state index contributed by atoms with van der Waals surface area (Å²) in [7, 11) is 0. The van der Waals surface area contributed by atoms with Crippen LogP contribution in [0.1, 0.15) is 132 Å². The van der Waals surface area contributed by atoms with Crippen LogP contribution in [-0.4, -0.2) is 179 Å². The Morgan fingerprint density at radius 1 is 0.406 bits per heavy atom. The summed E-state index contributed by atoms with van der Waals surface area (Å²) in [6.07, 6.45) is 15.3. The van der Waals surface area contributed by atoms with Gasteiger partial charge in [-0.3, -0.25) is 4.99 Å². The molecule has 6 saturated heterocycles. The number of nitrogens with zero attached hydrogens (tertiary/aromatic N) is 4. The van der Waals surface area contributed by atoms with Gasteiger partial charge in [-0.05, 0) is 135 Å². The van der Waals surface area contributed by atoms with E-state index in [1.165, 1.54) is 77.0 Å². The number of rotatable bonds is 5. The molecule has 8 rings (SSSR count). The van der Waals surface area contributed by atoms with Gasteiger partial charge >= 0.3 is 75.5 Å². The van der Waals surface area contributed by atoms with Crippen LogP contribution in [0.2, 0.25) is 0 Å². The van der Waals surface area contributed by atoms with E-state index in [-0.39, 0.29) is 123 Å². The first-order valence-electron chi connectivity index (χ1n) is 23.3. The van der Waals surface area contributed by atoms with Crippen molar-refractivity contribution in [1.29, 1.82) is 0 Å². The van der Waals surface area contributed by atoms with Crippen molar-refractivity contribution in [3.63, 3.8) is 0 Å². The number of ether oxygens (including phenoxy) is 6. The molecule has 0 unspecified atom stereocenters. The molecule has 14 heteroatoms. The van der Waals surface area contributed by atoms with Gasteiger partial charge in [-0.25, -0.2) is 0 Å². The van der Waals surface area contributed by atoms with Crippen LogP contribution in [0, 0.1) is 0 Å². The van der Waals surface area contributed by atoms with E-state index in [2.05, 4.69) is 75.7 Å². The molecule has 6 fully saturated rings. The van der Waals surface area contributed by atoms with Crippen molar-refractivity contribution >= 4 is 81.2 Å². The van der Waals surface area contributed by atoms with E-state index in [0.29, 0.717) is 24.2 Å². The summed E-state index contributed by atoms with van der Waals surface area (Å²) in [6.45, 7) is 28.6. The van der Waals surface area contributed by atoms with Crippen LogP contribution in [0.25, 0.3) is 5.32 Å². The Bertz CT molecular complexity index is 1300. The first kappa shape index (κ1) is 71.7. The van der Waals surface area contributed by atoms with Crippen molar-refractivity contribution < 1.29 is 76.4 Å². The molecule has 6 heterocycles. The summed E-state index contributed by atoms with van der Waals surface area (Å²) in [4.78, 5) is 13.7. The number of hydrogen-bond donors (Lipinski definition) is 0. The molecule has 0 amide bonds. The summed E-state index contributed by atoms with van der Waals surface area (Å²) in [5, 5.41) is 7.49. The Morgan fingerprint density at radius 2 is 0.703 bits per heavy atom. The van der Waals surface area contributed by atoms with Crippen molar-refractivity contribution in [3.8, 4) is 0 Å². The molecule has 0 radical (unpaired) electrons. The third kappa shape index (κ3) is 48.2. The second-order valence-electron chi connectivity index (χ2n) is 16.2. The Morgan fingerprint density at radius 3 is 1.00 bits per heavy atom. The van der Waals surface area contributed by atoms with Crippen molar-refractivity contribution in [1.82, 2.24) is 0 Å². The number of halogens is 2. The molecule has 10 nitrogen and oxygen atoms in total. The van der Waals surface area contributed by atoms with E-state index >= 15 is 0 Å². The topological polar surface area (TPSA) is 107 Å². The second kappa shape index (κ2) is 53.5. The predicted molar refractivity (Wildman–Crippen MR) is 261 cm³/mol. The van der Waals surface area contributed by atoms with Crippen LogP contribution in [0.3, 0.4) is 0 Å². The first-order valence-corrected chi connectivity index (χ1v) is 23.3. The molecular formula is C50H86Ca2I2N4O6. The molecule has 0 bridgehead atoms. The standard InChI is InChI=1S/2C13H19N2.6C4H8O.2Ca.2HI/c2*1-10(2)14-12-8-6-5-7-9-13(12)15-11(3)4;6*1-2-4-5-3-1;;;;/h2*5-11H,1-4H3;6*1-4H2;;;2*1H/q2*-1;;;;;;;2*+2;;/p-2. The number of hydrogen-bond acceptors (Lipinski definition) is 9. The normalized spacial score (nSPS) is 17.4. The van der Waals surface area contributed by atoms with Crippen molar-refractivity contribution in [2.24, 2.45) is 15.0 Å². The van der Waals surface area contributed by atoms with Gasteiger partial charge in [0.2, 0.25) is 0 Å². The summed E-state index contributed by atoms with van der Waals surface area (Å²) >= 11 is 0. The van der Waals surface area contributed by atoms with E-state index in [4.69, 9.17) is 28.4 Å². The van der Waals surface area contributed by atoms with Crippen LogP contribution in [0.4, 0.5) is 5.69 Å². The van der Waals surface area contributed by atoms with Gasteiger partial charge in [-0.2, -0.15) is 12.1 Å². The fraction of sp³-hybridized carbons (Fsp3) is 0.720. The fourth-order valence-electron chi connectivity index (χ4n) is 5.67. The van der Waals surface area contributed by atoms with Crippen LogP contribution < -0.4 is 64.0 Å². The summed E-state index contributed by atoms with van der Waals surface area (Å²) < 4.78 is 29.7. The van der Waals surface area contributed by atoms with Crippen LogP contribution in [0.5, 0.6) is 0 Å². The SMILES string of the molecule is C1CCOC1.C1CCOC1.C1CCOC1.C1CCOC1.C1CCOC1.C1CCOC1.CC(C)N=c1cccc[cH-]c1=NC(C)C.CC(C)N=c1cccccc1[N-]C(C)C.[Ca+2].[Ca+2].[I-].[I-]. The van der Waals surface area contributed by atoms with Crippen molar-refractivity contribution in [2.75, 3.05) is 79.3 Å². The van der Waals surface area contributed by atoms with E-state index in [9.17, 15) is 0 Å². The Balaban J connectivity index is -0.000000336. The minimum Gasteiger partial charge on any atom is -1.00 e. The summed E-state index contributed by atoms with van der Waals surface area (Å²) in [5.41, 5.74) is 0.976. The largest absolute Gasteiger partial charge is 2.00 e. The molecule has 360 valence electrons. The molecule has 64 heavy (non-hydrogen) atoms. The molecule has 6 aliphatic rings. The minimum absolute atomic E-state index is 0. The quantitative estimate of drug-likeness (QED) is 0.259. The van der Waals surface area contributed by atoms with Crippen LogP contribution in [-0.2, 0) is 28.4 Å². The smallest absolute Gasteiger partial charge is 1.00 e. The van der Waals surface area contributed by atoms with Crippen LogP contribution >= 0.6 is 0 Å². The third-order valence-corrected chi connectivity index (χ3v) is 8.54. The molecule has 0 N–H and O–H groups in total. The zero-order chi connectivity index (χ0) is 43.7. The van der Waals surface area contributed by atoms with Gasteiger partial charge < -0.3 is 91.7 Å². The fourth-order valence-corrected chi connectivity index (χ4v) is 5.67. The maximum absolute atomic E-state index is 4.94. The molecule has 0 saturated carbocycles. The Labute approximate surface area is 484 Å². The maximum Gasteiger partial charge on any atom is 2.00 e. The van der Waals surface area contributed by atoms with E-state index < -0.39 is 0 Å². The molecule has 2 aromatic carbocycles. The molecule has 6 aliphatic heterocycles.